The summed E-state index contributed by atoms with van der Waals surface area (Å²) >= 11 is 0. The molecule has 0 amide bonds. The van der Waals surface area contributed by atoms with Crippen LogP contribution in [0.3, 0.4) is 0 Å². The van der Waals surface area contributed by atoms with Crippen LogP contribution in [0.15, 0.2) is 28.7 Å². The van der Waals surface area contributed by atoms with Crippen molar-refractivity contribution in [1.29, 1.82) is 0 Å². The summed E-state index contributed by atoms with van der Waals surface area (Å²) in [6.07, 6.45) is 0. The van der Waals surface area contributed by atoms with Crippen LogP contribution in [0.4, 0.5) is 14.8 Å². The van der Waals surface area contributed by atoms with E-state index < -0.39 is 6.61 Å². The second-order valence-electron chi connectivity index (χ2n) is 2.85. The first-order valence-corrected chi connectivity index (χ1v) is 4.29. The van der Waals surface area contributed by atoms with Crippen LogP contribution in [0.1, 0.15) is 0 Å². The van der Waals surface area contributed by atoms with E-state index in [0.717, 1.165) is 0 Å². The fourth-order valence-corrected chi connectivity index (χ4v) is 1.13. The van der Waals surface area contributed by atoms with E-state index >= 15 is 0 Å². The molecule has 0 aliphatic rings. The number of rotatable bonds is 3. The van der Waals surface area contributed by atoms with E-state index in [2.05, 4.69) is 14.9 Å². The summed E-state index contributed by atoms with van der Waals surface area (Å²) in [5.41, 5.74) is 5.82. The van der Waals surface area contributed by atoms with Gasteiger partial charge in [0.25, 0.3) is 0 Å². The van der Waals surface area contributed by atoms with Gasteiger partial charge < -0.3 is 14.9 Å². The third-order valence-electron chi connectivity index (χ3n) is 1.77. The molecule has 1 aromatic heterocycles. The summed E-state index contributed by atoms with van der Waals surface area (Å²) in [6.45, 7) is -2.84. The van der Waals surface area contributed by atoms with Gasteiger partial charge in [-0.05, 0) is 24.3 Å². The largest absolute Gasteiger partial charge is 0.435 e. The smallest absolute Gasteiger partial charge is 0.387 e. The third kappa shape index (κ3) is 2.25. The monoisotopic (exact) mass is 227 g/mol. The Morgan fingerprint density at radius 2 is 1.88 bits per heavy atom. The number of ether oxygens (including phenoxy) is 1. The Bertz CT molecular complexity index is 470. The second-order valence-corrected chi connectivity index (χ2v) is 2.85. The molecule has 0 saturated carbocycles. The molecule has 84 valence electrons. The molecule has 2 aromatic rings. The maximum absolute atomic E-state index is 11.9. The molecule has 7 heteroatoms. The summed E-state index contributed by atoms with van der Waals surface area (Å²) in [4.78, 5) is 0. The SMILES string of the molecule is Nc1nnc(-c2ccc(OC(F)F)cc2)o1. The van der Waals surface area contributed by atoms with Crippen molar-refractivity contribution in [3.05, 3.63) is 24.3 Å². The van der Waals surface area contributed by atoms with Crippen molar-refractivity contribution in [3.8, 4) is 17.2 Å². The van der Waals surface area contributed by atoms with E-state index in [9.17, 15) is 8.78 Å². The third-order valence-corrected chi connectivity index (χ3v) is 1.77. The highest BCUT2D eigenvalue weighted by atomic mass is 19.3. The molecule has 0 bridgehead atoms. The van der Waals surface area contributed by atoms with Gasteiger partial charge in [-0.25, -0.2) is 0 Å². The summed E-state index contributed by atoms with van der Waals surface area (Å²) in [7, 11) is 0. The highest BCUT2D eigenvalue weighted by molar-refractivity contribution is 5.54. The van der Waals surface area contributed by atoms with Crippen LogP contribution >= 0.6 is 0 Å². The van der Waals surface area contributed by atoms with Crippen molar-refractivity contribution in [2.75, 3.05) is 5.73 Å². The summed E-state index contributed by atoms with van der Waals surface area (Å²) in [5, 5.41) is 7.12. The zero-order valence-electron chi connectivity index (χ0n) is 7.93. The highest BCUT2D eigenvalue weighted by Crippen LogP contribution is 2.22. The molecular formula is C9H7F2N3O2. The Balaban J connectivity index is 2.19. The molecule has 2 rings (SSSR count). The van der Waals surface area contributed by atoms with E-state index in [1.165, 1.54) is 24.3 Å². The molecule has 0 saturated heterocycles. The zero-order chi connectivity index (χ0) is 11.5. The quantitative estimate of drug-likeness (QED) is 0.866. The Morgan fingerprint density at radius 3 is 2.38 bits per heavy atom. The van der Waals surface area contributed by atoms with Crippen molar-refractivity contribution in [2.45, 2.75) is 6.61 Å². The number of hydrogen-bond donors (Lipinski definition) is 1. The molecule has 0 atom stereocenters. The van der Waals surface area contributed by atoms with Gasteiger partial charge in [-0.2, -0.15) is 8.78 Å². The van der Waals surface area contributed by atoms with Gasteiger partial charge in [0.05, 0.1) is 0 Å². The first-order valence-electron chi connectivity index (χ1n) is 4.29. The lowest BCUT2D eigenvalue weighted by Crippen LogP contribution is -2.01. The Labute approximate surface area is 88.8 Å². The van der Waals surface area contributed by atoms with Crippen LogP contribution in [0, 0.1) is 0 Å². The lowest BCUT2D eigenvalue weighted by molar-refractivity contribution is -0.0498. The van der Waals surface area contributed by atoms with Gasteiger partial charge in [0.15, 0.2) is 0 Å². The van der Waals surface area contributed by atoms with Gasteiger partial charge in [0.2, 0.25) is 5.89 Å². The Morgan fingerprint density at radius 1 is 1.19 bits per heavy atom. The Hall–Kier alpha value is -2.18. The highest BCUT2D eigenvalue weighted by Gasteiger charge is 2.08. The molecule has 1 aromatic carbocycles. The van der Waals surface area contributed by atoms with Crippen molar-refractivity contribution in [1.82, 2.24) is 10.2 Å². The summed E-state index contributed by atoms with van der Waals surface area (Å²) in [5.74, 6) is 0.285. The number of nitrogen functional groups attached to an aromatic ring is 1. The molecule has 0 radical (unpaired) electrons. The normalized spacial score (nSPS) is 10.7. The minimum absolute atomic E-state index is 0.0529. The molecular weight excluding hydrogens is 220 g/mol. The molecule has 1 heterocycles. The van der Waals surface area contributed by atoms with Gasteiger partial charge in [0.1, 0.15) is 5.75 Å². The second kappa shape index (κ2) is 4.13. The zero-order valence-corrected chi connectivity index (χ0v) is 7.93. The van der Waals surface area contributed by atoms with Crippen molar-refractivity contribution >= 4 is 6.01 Å². The molecule has 0 unspecified atom stereocenters. The first kappa shape index (κ1) is 10.3. The van der Waals surface area contributed by atoms with Crippen molar-refractivity contribution in [2.24, 2.45) is 0 Å². The van der Waals surface area contributed by atoms with Crippen LogP contribution in [0.25, 0.3) is 11.5 Å². The number of benzene rings is 1. The standard InChI is InChI=1S/C9H7F2N3O2/c10-8(11)15-6-3-1-5(2-4-6)7-13-14-9(12)16-7/h1-4,8H,(H2,12,14). The predicted octanol–water partition coefficient (Wildman–Crippen LogP) is 1.92. The molecule has 0 spiro atoms. The molecule has 2 N–H and O–H groups in total. The molecule has 5 nitrogen and oxygen atoms in total. The fraction of sp³-hybridized carbons (Fsp3) is 0.111. The molecule has 0 aliphatic heterocycles. The Kier molecular flexibility index (Phi) is 2.67. The van der Waals surface area contributed by atoms with Gasteiger partial charge in [0, 0.05) is 5.56 Å². The van der Waals surface area contributed by atoms with Crippen LogP contribution < -0.4 is 10.5 Å². The van der Waals surface area contributed by atoms with Gasteiger partial charge >= 0.3 is 12.6 Å². The number of anilines is 1. The lowest BCUT2D eigenvalue weighted by Gasteiger charge is -2.03. The van der Waals surface area contributed by atoms with Crippen LogP contribution in [0.2, 0.25) is 0 Å². The average Bonchev–Trinajstić information content (AvgIpc) is 2.65. The summed E-state index contributed by atoms with van der Waals surface area (Å²) < 4.78 is 32.9. The predicted molar refractivity (Wildman–Crippen MR) is 50.8 cm³/mol. The van der Waals surface area contributed by atoms with Crippen LogP contribution in [-0.2, 0) is 0 Å². The number of nitrogens with two attached hydrogens (primary N) is 1. The van der Waals surface area contributed by atoms with E-state index in [4.69, 9.17) is 10.2 Å². The van der Waals surface area contributed by atoms with Gasteiger partial charge in [-0.15, -0.1) is 5.10 Å². The lowest BCUT2D eigenvalue weighted by atomic mass is 10.2. The molecule has 0 fully saturated rings. The number of halogens is 2. The van der Waals surface area contributed by atoms with E-state index in [1.54, 1.807) is 0 Å². The van der Waals surface area contributed by atoms with Crippen LogP contribution in [0.5, 0.6) is 5.75 Å². The van der Waals surface area contributed by atoms with E-state index in [0.29, 0.717) is 5.56 Å². The van der Waals surface area contributed by atoms with Crippen LogP contribution in [-0.4, -0.2) is 16.8 Å². The van der Waals surface area contributed by atoms with Gasteiger partial charge in [-0.1, -0.05) is 5.10 Å². The van der Waals surface area contributed by atoms with Gasteiger partial charge in [-0.3, -0.25) is 0 Å². The van der Waals surface area contributed by atoms with Crippen molar-refractivity contribution < 1.29 is 17.9 Å². The maximum Gasteiger partial charge on any atom is 0.387 e. The topological polar surface area (TPSA) is 74.2 Å². The summed E-state index contributed by atoms with van der Waals surface area (Å²) in [6, 6.07) is 5.74. The number of nitrogens with zero attached hydrogens (tertiary/aromatic N) is 2. The maximum atomic E-state index is 11.9. The van der Waals surface area contributed by atoms with E-state index in [1.807, 2.05) is 0 Å². The number of alkyl halides is 2. The minimum atomic E-state index is -2.84. The average molecular weight is 227 g/mol. The number of aromatic nitrogens is 2. The van der Waals surface area contributed by atoms with E-state index in [-0.39, 0.29) is 17.7 Å². The minimum Gasteiger partial charge on any atom is -0.435 e. The fourth-order valence-electron chi connectivity index (χ4n) is 1.13. The first-order chi connectivity index (χ1) is 7.65. The molecule has 16 heavy (non-hydrogen) atoms. The molecule has 0 aliphatic carbocycles. The van der Waals surface area contributed by atoms with Crippen molar-refractivity contribution in [3.63, 3.8) is 0 Å². The number of hydrogen-bond acceptors (Lipinski definition) is 5.